The lowest BCUT2D eigenvalue weighted by atomic mass is 9.96. The molecule has 1 saturated heterocycles. The topological polar surface area (TPSA) is 77.7 Å². The first kappa shape index (κ1) is 20.8. The van der Waals surface area contributed by atoms with Crippen LogP contribution in [-0.4, -0.2) is 48.3 Å². The number of methoxy groups -OCH3 is 2. The van der Waals surface area contributed by atoms with Crippen molar-refractivity contribution in [3.63, 3.8) is 0 Å². The molecule has 1 atom stereocenters. The van der Waals surface area contributed by atoms with Crippen LogP contribution in [0.2, 0.25) is 0 Å². The van der Waals surface area contributed by atoms with Crippen LogP contribution in [-0.2, 0) is 11.2 Å². The summed E-state index contributed by atoms with van der Waals surface area (Å²) in [7, 11) is 3.15. The first-order valence-corrected chi connectivity index (χ1v) is 10.2. The molecule has 0 radical (unpaired) electrons. The van der Waals surface area contributed by atoms with Crippen LogP contribution in [0.3, 0.4) is 0 Å². The Morgan fingerprint density at radius 3 is 2.81 bits per heavy atom. The van der Waals surface area contributed by atoms with Crippen molar-refractivity contribution in [1.82, 2.24) is 15.0 Å². The quantitative estimate of drug-likeness (QED) is 0.597. The van der Waals surface area contributed by atoms with E-state index in [1.165, 1.54) is 12.1 Å². The summed E-state index contributed by atoms with van der Waals surface area (Å²) in [5.41, 5.74) is 1.40. The molecule has 1 aromatic heterocycles. The van der Waals surface area contributed by atoms with E-state index >= 15 is 0 Å². The van der Waals surface area contributed by atoms with E-state index in [-0.39, 0.29) is 30.0 Å². The van der Waals surface area contributed by atoms with Gasteiger partial charge in [0.1, 0.15) is 5.82 Å². The highest BCUT2D eigenvalue weighted by Crippen LogP contribution is 2.30. The van der Waals surface area contributed by atoms with Gasteiger partial charge in [-0.05, 0) is 48.7 Å². The van der Waals surface area contributed by atoms with E-state index in [1.807, 2.05) is 17.0 Å². The molecule has 4 rings (SSSR count). The summed E-state index contributed by atoms with van der Waals surface area (Å²) < 4.78 is 29.4. The number of carbonyl (C=O) groups excluding carboxylic acids is 1. The molecule has 0 unspecified atom stereocenters. The lowest BCUT2D eigenvalue weighted by molar-refractivity contribution is -0.131. The molecule has 0 saturated carbocycles. The third kappa shape index (κ3) is 4.68. The summed E-state index contributed by atoms with van der Waals surface area (Å²) in [6.45, 7) is 1.21. The smallest absolute Gasteiger partial charge is 0.258 e. The first-order chi connectivity index (χ1) is 15.1. The minimum Gasteiger partial charge on any atom is -0.493 e. The molecule has 0 aliphatic carbocycles. The molecule has 1 fully saturated rings. The maximum absolute atomic E-state index is 13.5. The van der Waals surface area contributed by atoms with Gasteiger partial charge in [0.05, 0.1) is 20.6 Å². The van der Waals surface area contributed by atoms with Gasteiger partial charge in [-0.1, -0.05) is 17.3 Å². The Balaban J connectivity index is 1.43. The van der Waals surface area contributed by atoms with E-state index in [1.54, 1.807) is 32.4 Å². The second kappa shape index (κ2) is 9.16. The van der Waals surface area contributed by atoms with Crippen LogP contribution in [0, 0.1) is 5.82 Å². The van der Waals surface area contributed by atoms with Crippen LogP contribution in [0.25, 0.3) is 11.5 Å². The number of piperidine rings is 1. The van der Waals surface area contributed by atoms with E-state index in [4.69, 9.17) is 14.0 Å². The van der Waals surface area contributed by atoms with Gasteiger partial charge in [-0.3, -0.25) is 4.79 Å². The molecule has 1 aliphatic rings. The molecule has 1 aliphatic heterocycles. The number of hydrogen-bond acceptors (Lipinski definition) is 6. The molecule has 7 nitrogen and oxygen atoms in total. The van der Waals surface area contributed by atoms with Gasteiger partial charge in [-0.15, -0.1) is 0 Å². The molecule has 2 aromatic carbocycles. The van der Waals surface area contributed by atoms with Gasteiger partial charge in [-0.25, -0.2) is 4.39 Å². The maximum atomic E-state index is 13.5. The Kier molecular flexibility index (Phi) is 6.16. The van der Waals surface area contributed by atoms with Crippen LogP contribution in [0.15, 0.2) is 47.0 Å². The Bertz CT molecular complexity index is 1070. The van der Waals surface area contributed by atoms with Gasteiger partial charge in [-0.2, -0.15) is 4.98 Å². The predicted octanol–water partition coefficient (Wildman–Crippen LogP) is 3.84. The third-order valence-electron chi connectivity index (χ3n) is 5.46. The summed E-state index contributed by atoms with van der Waals surface area (Å²) >= 11 is 0. The average molecular weight is 425 g/mol. The van der Waals surface area contributed by atoms with Crippen molar-refractivity contribution >= 4 is 5.91 Å². The van der Waals surface area contributed by atoms with Crippen LogP contribution in [0.1, 0.15) is 30.1 Å². The van der Waals surface area contributed by atoms with E-state index in [0.29, 0.717) is 36.0 Å². The van der Waals surface area contributed by atoms with Crippen molar-refractivity contribution in [2.45, 2.75) is 25.2 Å². The largest absolute Gasteiger partial charge is 0.493 e. The predicted molar refractivity (Wildman–Crippen MR) is 111 cm³/mol. The van der Waals surface area contributed by atoms with Gasteiger partial charge >= 0.3 is 0 Å². The molecule has 3 aromatic rings. The Morgan fingerprint density at radius 2 is 2.03 bits per heavy atom. The maximum Gasteiger partial charge on any atom is 0.258 e. The fourth-order valence-electron chi connectivity index (χ4n) is 3.83. The van der Waals surface area contributed by atoms with Crippen molar-refractivity contribution in [2.24, 2.45) is 0 Å². The SMILES string of the molecule is COc1ccc(CC(=O)N2CCC[C@H](c3noc(-c4cccc(F)c4)n3)C2)cc1OC. The van der Waals surface area contributed by atoms with Crippen LogP contribution in [0.5, 0.6) is 11.5 Å². The summed E-state index contributed by atoms with van der Waals surface area (Å²) in [6.07, 6.45) is 1.99. The van der Waals surface area contributed by atoms with Gasteiger partial charge in [0.25, 0.3) is 5.89 Å². The Hall–Kier alpha value is -3.42. The monoisotopic (exact) mass is 425 g/mol. The fraction of sp³-hybridized carbons (Fsp3) is 0.348. The number of benzene rings is 2. The summed E-state index contributed by atoms with van der Waals surface area (Å²) in [6, 6.07) is 11.5. The lowest BCUT2D eigenvalue weighted by Crippen LogP contribution is -2.40. The van der Waals surface area contributed by atoms with Gasteiger partial charge in [0.2, 0.25) is 5.91 Å². The van der Waals surface area contributed by atoms with E-state index in [0.717, 1.165) is 18.4 Å². The molecule has 8 heteroatoms. The van der Waals surface area contributed by atoms with Crippen LogP contribution >= 0.6 is 0 Å². The number of carbonyl (C=O) groups is 1. The van der Waals surface area contributed by atoms with Gasteiger partial charge < -0.3 is 18.9 Å². The number of ether oxygens (including phenoxy) is 2. The summed E-state index contributed by atoms with van der Waals surface area (Å²) in [5, 5.41) is 4.09. The first-order valence-electron chi connectivity index (χ1n) is 10.2. The molecule has 0 bridgehead atoms. The zero-order valence-corrected chi connectivity index (χ0v) is 17.5. The second-order valence-corrected chi connectivity index (χ2v) is 7.51. The van der Waals surface area contributed by atoms with E-state index in [9.17, 15) is 9.18 Å². The van der Waals surface area contributed by atoms with Crippen molar-refractivity contribution in [1.29, 1.82) is 0 Å². The number of hydrogen-bond donors (Lipinski definition) is 0. The molecule has 31 heavy (non-hydrogen) atoms. The van der Waals surface area contributed by atoms with Crippen molar-refractivity contribution in [3.8, 4) is 23.0 Å². The number of nitrogens with zero attached hydrogens (tertiary/aromatic N) is 3. The van der Waals surface area contributed by atoms with Crippen LogP contribution < -0.4 is 9.47 Å². The van der Waals surface area contributed by atoms with E-state index < -0.39 is 0 Å². The zero-order valence-electron chi connectivity index (χ0n) is 17.5. The normalized spacial score (nSPS) is 16.2. The highest BCUT2D eigenvalue weighted by molar-refractivity contribution is 5.79. The number of halogens is 1. The molecule has 1 amide bonds. The zero-order chi connectivity index (χ0) is 21.8. The number of likely N-dealkylation sites (tertiary alicyclic amines) is 1. The minimum atomic E-state index is -0.359. The molecule has 2 heterocycles. The van der Waals surface area contributed by atoms with E-state index in [2.05, 4.69) is 10.1 Å². The number of amides is 1. The molecular weight excluding hydrogens is 401 g/mol. The van der Waals surface area contributed by atoms with Crippen molar-refractivity contribution in [3.05, 3.63) is 59.7 Å². The highest BCUT2D eigenvalue weighted by atomic mass is 19.1. The highest BCUT2D eigenvalue weighted by Gasteiger charge is 2.28. The van der Waals surface area contributed by atoms with Gasteiger partial charge in [0.15, 0.2) is 17.3 Å². The molecule has 0 N–H and O–H groups in total. The van der Waals surface area contributed by atoms with Crippen LogP contribution in [0.4, 0.5) is 4.39 Å². The molecule has 0 spiro atoms. The lowest BCUT2D eigenvalue weighted by Gasteiger charge is -2.31. The third-order valence-corrected chi connectivity index (χ3v) is 5.46. The summed E-state index contributed by atoms with van der Waals surface area (Å²) in [4.78, 5) is 19.2. The number of aromatic nitrogens is 2. The number of rotatable bonds is 6. The second-order valence-electron chi connectivity index (χ2n) is 7.51. The fourth-order valence-corrected chi connectivity index (χ4v) is 3.83. The molecule has 162 valence electrons. The average Bonchev–Trinajstić information content (AvgIpc) is 3.29. The Labute approximate surface area is 179 Å². The van der Waals surface area contributed by atoms with Crippen molar-refractivity contribution in [2.75, 3.05) is 27.3 Å². The minimum absolute atomic E-state index is 0.0193. The summed E-state index contributed by atoms with van der Waals surface area (Å²) in [5.74, 6) is 1.71. The standard InChI is InChI=1S/C23H24FN3O4/c1-29-19-9-8-15(11-20(19)30-2)12-21(28)27-10-4-6-17(14-27)22-25-23(31-26-22)16-5-3-7-18(24)13-16/h3,5,7-9,11,13,17H,4,6,10,12,14H2,1-2H3/t17-/m0/s1. The van der Waals surface area contributed by atoms with Crippen molar-refractivity contribution < 1.29 is 23.2 Å². The molecular formula is C23H24FN3O4. The Morgan fingerprint density at radius 1 is 1.19 bits per heavy atom. The van der Waals surface area contributed by atoms with Gasteiger partial charge in [0, 0.05) is 24.6 Å².